The molecule has 2 aromatic carbocycles. The van der Waals surface area contributed by atoms with Gasteiger partial charge in [-0.25, -0.2) is 0 Å². The van der Waals surface area contributed by atoms with Gasteiger partial charge < -0.3 is 14.4 Å². The van der Waals surface area contributed by atoms with Crippen LogP contribution >= 0.6 is 0 Å². The SMILES string of the molecule is COc1cccc(CCN(CCc2cccc(OC)c2)CC2CCC2)c1. The monoisotopic (exact) mass is 353 g/mol. The summed E-state index contributed by atoms with van der Waals surface area (Å²) < 4.78 is 10.7. The van der Waals surface area contributed by atoms with E-state index in [4.69, 9.17) is 9.47 Å². The third-order valence-corrected chi connectivity index (χ3v) is 5.44. The number of ether oxygens (including phenoxy) is 2. The zero-order chi connectivity index (χ0) is 18.2. The first-order chi connectivity index (χ1) is 12.8. The van der Waals surface area contributed by atoms with Gasteiger partial charge in [-0.05, 0) is 67.0 Å². The molecule has 0 aliphatic heterocycles. The Hall–Kier alpha value is -2.00. The number of nitrogens with zero attached hydrogens (tertiary/aromatic N) is 1. The maximum Gasteiger partial charge on any atom is 0.119 e. The smallest absolute Gasteiger partial charge is 0.119 e. The Bertz CT molecular complexity index is 630. The molecule has 1 saturated carbocycles. The van der Waals surface area contributed by atoms with Crippen molar-refractivity contribution in [1.29, 1.82) is 0 Å². The third kappa shape index (κ3) is 5.50. The highest BCUT2D eigenvalue weighted by molar-refractivity contribution is 5.29. The van der Waals surface area contributed by atoms with E-state index in [-0.39, 0.29) is 0 Å². The largest absolute Gasteiger partial charge is 0.497 e. The summed E-state index contributed by atoms with van der Waals surface area (Å²) in [5.74, 6) is 2.79. The molecule has 0 saturated heterocycles. The van der Waals surface area contributed by atoms with Crippen molar-refractivity contribution < 1.29 is 9.47 Å². The summed E-state index contributed by atoms with van der Waals surface area (Å²) in [6, 6.07) is 16.9. The van der Waals surface area contributed by atoms with E-state index >= 15 is 0 Å². The average molecular weight is 354 g/mol. The molecule has 0 atom stereocenters. The molecule has 1 aliphatic carbocycles. The van der Waals surface area contributed by atoms with Crippen LogP contribution in [0, 0.1) is 5.92 Å². The minimum Gasteiger partial charge on any atom is -0.497 e. The van der Waals surface area contributed by atoms with Gasteiger partial charge in [-0.1, -0.05) is 30.7 Å². The standard InChI is InChI=1S/C23H31NO2/c1-25-22-10-4-6-19(16-22)12-14-24(18-21-8-3-9-21)15-13-20-7-5-11-23(17-20)26-2/h4-7,10-11,16-17,21H,3,8-9,12-15,18H2,1-2H3. The summed E-state index contributed by atoms with van der Waals surface area (Å²) in [5.41, 5.74) is 2.70. The Balaban J connectivity index is 1.56. The van der Waals surface area contributed by atoms with Crippen LogP contribution in [0.5, 0.6) is 11.5 Å². The molecular weight excluding hydrogens is 322 g/mol. The fourth-order valence-corrected chi connectivity index (χ4v) is 3.57. The molecule has 0 unspecified atom stereocenters. The van der Waals surface area contributed by atoms with Crippen LogP contribution in [0.3, 0.4) is 0 Å². The highest BCUT2D eigenvalue weighted by atomic mass is 16.5. The molecule has 2 aromatic rings. The molecule has 0 N–H and O–H groups in total. The molecule has 1 fully saturated rings. The first-order valence-corrected chi connectivity index (χ1v) is 9.75. The van der Waals surface area contributed by atoms with Crippen LogP contribution in [0.25, 0.3) is 0 Å². The minimum atomic E-state index is 0.894. The topological polar surface area (TPSA) is 21.7 Å². The Morgan fingerprint density at radius 2 is 1.38 bits per heavy atom. The predicted octanol–water partition coefficient (Wildman–Crippen LogP) is 4.59. The molecular formula is C23H31NO2. The van der Waals surface area contributed by atoms with Gasteiger partial charge in [0.2, 0.25) is 0 Å². The van der Waals surface area contributed by atoms with Gasteiger partial charge in [-0.3, -0.25) is 0 Å². The van der Waals surface area contributed by atoms with Crippen LogP contribution in [-0.2, 0) is 12.8 Å². The van der Waals surface area contributed by atoms with Gasteiger partial charge >= 0.3 is 0 Å². The summed E-state index contributed by atoms with van der Waals surface area (Å²) in [5, 5.41) is 0. The van der Waals surface area contributed by atoms with Crippen molar-refractivity contribution in [2.24, 2.45) is 5.92 Å². The summed E-state index contributed by atoms with van der Waals surface area (Å²) in [6.07, 6.45) is 6.35. The molecule has 0 radical (unpaired) electrons. The van der Waals surface area contributed by atoms with Gasteiger partial charge in [0.05, 0.1) is 14.2 Å². The second-order valence-electron chi connectivity index (χ2n) is 7.30. The van der Waals surface area contributed by atoms with Crippen molar-refractivity contribution in [2.45, 2.75) is 32.1 Å². The summed E-state index contributed by atoms with van der Waals surface area (Å²) in [7, 11) is 3.46. The molecule has 3 nitrogen and oxygen atoms in total. The molecule has 0 amide bonds. The van der Waals surface area contributed by atoms with E-state index in [9.17, 15) is 0 Å². The van der Waals surface area contributed by atoms with Crippen LogP contribution in [0.1, 0.15) is 30.4 Å². The fraction of sp³-hybridized carbons (Fsp3) is 0.478. The van der Waals surface area contributed by atoms with Crippen LogP contribution in [-0.4, -0.2) is 38.8 Å². The Morgan fingerprint density at radius 1 is 0.846 bits per heavy atom. The summed E-state index contributed by atoms with van der Waals surface area (Å²) in [4.78, 5) is 2.64. The lowest BCUT2D eigenvalue weighted by Gasteiger charge is -2.32. The molecule has 26 heavy (non-hydrogen) atoms. The van der Waals surface area contributed by atoms with E-state index in [2.05, 4.69) is 41.3 Å². The van der Waals surface area contributed by atoms with Gasteiger partial charge in [0.15, 0.2) is 0 Å². The zero-order valence-electron chi connectivity index (χ0n) is 16.1. The third-order valence-electron chi connectivity index (χ3n) is 5.44. The highest BCUT2D eigenvalue weighted by Gasteiger charge is 2.20. The van der Waals surface area contributed by atoms with E-state index in [1.165, 1.54) is 36.9 Å². The van der Waals surface area contributed by atoms with Crippen molar-refractivity contribution in [3.8, 4) is 11.5 Å². The molecule has 0 heterocycles. The van der Waals surface area contributed by atoms with Gasteiger partial charge in [0.25, 0.3) is 0 Å². The summed E-state index contributed by atoms with van der Waals surface area (Å²) >= 11 is 0. The molecule has 3 heteroatoms. The molecule has 0 spiro atoms. The summed E-state index contributed by atoms with van der Waals surface area (Å²) in [6.45, 7) is 3.44. The van der Waals surface area contributed by atoms with E-state index in [0.717, 1.165) is 43.3 Å². The molecule has 1 aliphatic rings. The maximum atomic E-state index is 5.35. The molecule has 0 bridgehead atoms. The van der Waals surface area contributed by atoms with Crippen molar-refractivity contribution in [3.05, 3.63) is 59.7 Å². The van der Waals surface area contributed by atoms with E-state index in [0.29, 0.717) is 0 Å². The Labute approximate surface area is 157 Å². The van der Waals surface area contributed by atoms with E-state index < -0.39 is 0 Å². The number of rotatable bonds is 10. The number of methoxy groups -OCH3 is 2. The Morgan fingerprint density at radius 3 is 1.81 bits per heavy atom. The first kappa shape index (κ1) is 18.8. The zero-order valence-corrected chi connectivity index (χ0v) is 16.1. The lowest BCUT2D eigenvalue weighted by molar-refractivity contribution is 0.180. The van der Waals surface area contributed by atoms with Gasteiger partial charge in [0.1, 0.15) is 11.5 Å². The molecule has 0 aromatic heterocycles. The van der Waals surface area contributed by atoms with Crippen LogP contribution in [0.2, 0.25) is 0 Å². The first-order valence-electron chi connectivity index (χ1n) is 9.75. The van der Waals surface area contributed by atoms with Gasteiger partial charge in [-0.15, -0.1) is 0 Å². The van der Waals surface area contributed by atoms with Gasteiger partial charge in [0, 0.05) is 19.6 Å². The molecule has 140 valence electrons. The fourth-order valence-electron chi connectivity index (χ4n) is 3.57. The van der Waals surface area contributed by atoms with Crippen LogP contribution in [0.4, 0.5) is 0 Å². The quantitative estimate of drug-likeness (QED) is 0.623. The van der Waals surface area contributed by atoms with Crippen molar-refractivity contribution in [3.63, 3.8) is 0 Å². The number of benzene rings is 2. The van der Waals surface area contributed by atoms with Crippen LogP contribution < -0.4 is 9.47 Å². The van der Waals surface area contributed by atoms with Gasteiger partial charge in [-0.2, -0.15) is 0 Å². The van der Waals surface area contributed by atoms with E-state index in [1.54, 1.807) is 14.2 Å². The highest BCUT2D eigenvalue weighted by Crippen LogP contribution is 2.27. The lowest BCUT2D eigenvalue weighted by Crippen LogP contribution is -2.35. The normalized spacial score (nSPS) is 14.3. The van der Waals surface area contributed by atoms with E-state index in [1.807, 2.05) is 12.1 Å². The second kappa shape index (κ2) is 9.63. The minimum absolute atomic E-state index is 0.894. The van der Waals surface area contributed by atoms with Crippen molar-refractivity contribution >= 4 is 0 Å². The maximum absolute atomic E-state index is 5.35. The predicted molar refractivity (Wildman–Crippen MR) is 107 cm³/mol. The number of hydrogen-bond donors (Lipinski definition) is 0. The second-order valence-corrected chi connectivity index (χ2v) is 7.30. The lowest BCUT2D eigenvalue weighted by atomic mass is 9.85. The number of hydrogen-bond acceptors (Lipinski definition) is 3. The molecule has 3 rings (SSSR count). The average Bonchev–Trinajstić information content (AvgIpc) is 2.66. The van der Waals surface area contributed by atoms with Crippen molar-refractivity contribution in [2.75, 3.05) is 33.9 Å². The Kier molecular flexibility index (Phi) is 6.96. The van der Waals surface area contributed by atoms with Crippen molar-refractivity contribution in [1.82, 2.24) is 4.90 Å². The van der Waals surface area contributed by atoms with Crippen LogP contribution in [0.15, 0.2) is 48.5 Å².